The molecule has 0 saturated heterocycles. The first-order chi connectivity index (χ1) is 7.75. The minimum atomic E-state index is 0.326. The summed E-state index contributed by atoms with van der Waals surface area (Å²) in [5, 5.41) is 0.780. The fourth-order valence-corrected chi connectivity index (χ4v) is 3.35. The number of rotatable bonds is 4. The van der Waals surface area contributed by atoms with Gasteiger partial charge in [0.25, 0.3) is 0 Å². The van der Waals surface area contributed by atoms with E-state index < -0.39 is 0 Å². The molecule has 0 radical (unpaired) electrons. The second-order valence-corrected chi connectivity index (χ2v) is 5.75. The number of halogens is 1. The molecule has 0 heterocycles. The predicted octanol–water partition coefficient (Wildman–Crippen LogP) is 4.19. The summed E-state index contributed by atoms with van der Waals surface area (Å²) >= 11 is 7.69. The van der Waals surface area contributed by atoms with Crippen LogP contribution in [-0.2, 0) is 4.79 Å². The highest BCUT2D eigenvalue weighted by atomic mass is 35.5. The van der Waals surface area contributed by atoms with Gasteiger partial charge in [-0.15, -0.1) is 11.8 Å². The Morgan fingerprint density at radius 2 is 2.31 bits per heavy atom. The maximum absolute atomic E-state index is 11.4. The van der Waals surface area contributed by atoms with E-state index in [0.29, 0.717) is 11.7 Å². The summed E-state index contributed by atoms with van der Waals surface area (Å²) in [6.45, 7) is 0. The van der Waals surface area contributed by atoms with Crippen LogP contribution in [0.5, 0.6) is 0 Å². The number of Topliss-reactive ketones (excluding diaryl/α,β-unsaturated/α-hetero) is 1. The zero-order valence-corrected chi connectivity index (χ0v) is 10.7. The Morgan fingerprint density at radius 3 is 3.00 bits per heavy atom. The van der Waals surface area contributed by atoms with Gasteiger partial charge in [0.15, 0.2) is 0 Å². The molecule has 0 amide bonds. The van der Waals surface area contributed by atoms with Gasteiger partial charge < -0.3 is 0 Å². The molecule has 0 aromatic heterocycles. The Hall–Kier alpha value is -0.470. The summed E-state index contributed by atoms with van der Waals surface area (Å²) in [5.41, 5.74) is 0. The van der Waals surface area contributed by atoms with Crippen LogP contribution in [0.4, 0.5) is 0 Å². The molecule has 16 heavy (non-hydrogen) atoms. The Morgan fingerprint density at radius 1 is 1.44 bits per heavy atom. The molecule has 1 saturated carbocycles. The fraction of sp³-hybridized carbons (Fsp3) is 0.462. The molecule has 2 rings (SSSR count). The van der Waals surface area contributed by atoms with Gasteiger partial charge in [0.05, 0.1) is 0 Å². The lowest BCUT2D eigenvalue weighted by atomic mass is 10.1. The quantitative estimate of drug-likeness (QED) is 0.750. The summed E-state index contributed by atoms with van der Waals surface area (Å²) < 4.78 is 0. The average Bonchev–Trinajstić information content (AvgIpc) is 2.65. The monoisotopic (exact) mass is 254 g/mol. The summed E-state index contributed by atoms with van der Waals surface area (Å²) in [4.78, 5) is 12.6. The van der Waals surface area contributed by atoms with E-state index in [9.17, 15) is 4.79 Å². The molecule has 0 N–H and O–H groups in total. The molecule has 0 spiro atoms. The topological polar surface area (TPSA) is 17.1 Å². The van der Waals surface area contributed by atoms with E-state index in [2.05, 4.69) is 6.07 Å². The van der Waals surface area contributed by atoms with Gasteiger partial charge >= 0.3 is 0 Å². The molecule has 0 bridgehead atoms. The molecule has 3 heteroatoms. The third-order valence-electron chi connectivity index (χ3n) is 2.96. The van der Waals surface area contributed by atoms with Crippen molar-refractivity contribution in [1.82, 2.24) is 0 Å². The van der Waals surface area contributed by atoms with Gasteiger partial charge in [-0.1, -0.05) is 17.7 Å². The lowest BCUT2D eigenvalue weighted by Gasteiger charge is -2.07. The maximum atomic E-state index is 11.4. The maximum Gasteiger partial charge on any atom is 0.136 e. The predicted molar refractivity (Wildman–Crippen MR) is 69.1 cm³/mol. The molecular weight excluding hydrogens is 240 g/mol. The van der Waals surface area contributed by atoms with Crippen molar-refractivity contribution in [2.24, 2.45) is 5.92 Å². The van der Waals surface area contributed by atoms with Gasteiger partial charge in [-0.2, -0.15) is 0 Å². The average molecular weight is 255 g/mol. The molecule has 0 aliphatic heterocycles. The normalized spacial score (nSPS) is 20.3. The molecule has 1 aliphatic rings. The molecule has 1 aliphatic carbocycles. The largest absolute Gasteiger partial charge is 0.299 e. The van der Waals surface area contributed by atoms with Gasteiger partial charge in [0.1, 0.15) is 5.78 Å². The van der Waals surface area contributed by atoms with E-state index in [1.165, 1.54) is 4.90 Å². The van der Waals surface area contributed by atoms with E-state index in [0.717, 1.165) is 36.5 Å². The van der Waals surface area contributed by atoms with Crippen LogP contribution in [0.2, 0.25) is 5.02 Å². The van der Waals surface area contributed by atoms with Crippen molar-refractivity contribution in [2.45, 2.75) is 30.6 Å². The standard InChI is InChI=1S/C13H15ClOS/c14-11-4-2-5-12(9-11)16-8-7-10-3-1-6-13(10)15/h2,4-5,9-10H,1,3,6-8H2. The minimum Gasteiger partial charge on any atom is -0.299 e. The number of hydrogen-bond donors (Lipinski definition) is 0. The third-order valence-corrected chi connectivity index (χ3v) is 4.22. The smallest absolute Gasteiger partial charge is 0.136 e. The number of ketones is 1. The van der Waals surface area contributed by atoms with Crippen LogP contribution < -0.4 is 0 Å². The van der Waals surface area contributed by atoms with Crippen molar-refractivity contribution in [1.29, 1.82) is 0 Å². The van der Waals surface area contributed by atoms with Crippen molar-refractivity contribution in [3.05, 3.63) is 29.3 Å². The van der Waals surface area contributed by atoms with Gasteiger partial charge in [-0.05, 0) is 43.2 Å². The zero-order chi connectivity index (χ0) is 11.4. The lowest BCUT2D eigenvalue weighted by molar-refractivity contribution is -0.120. The van der Waals surface area contributed by atoms with Crippen molar-refractivity contribution >= 4 is 29.1 Å². The van der Waals surface area contributed by atoms with E-state index >= 15 is 0 Å². The van der Waals surface area contributed by atoms with E-state index in [4.69, 9.17) is 11.6 Å². The first-order valence-corrected chi connectivity index (χ1v) is 7.03. The highest BCUT2D eigenvalue weighted by molar-refractivity contribution is 7.99. The molecule has 1 nitrogen and oxygen atoms in total. The highest BCUT2D eigenvalue weighted by Gasteiger charge is 2.23. The Bertz CT molecular complexity index is 378. The van der Waals surface area contributed by atoms with Crippen LogP contribution in [-0.4, -0.2) is 11.5 Å². The van der Waals surface area contributed by atoms with Crippen molar-refractivity contribution in [3.63, 3.8) is 0 Å². The van der Waals surface area contributed by atoms with Crippen LogP contribution in [0, 0.1) is 5.92 Å². The zero-order valence-electron chi connectivity index (χ0n) is 9.12. The third kappa shape index (κ3) is 3.26. The second kappa shape index (κ2) is 5.74. The molecule has 1 aromatic rings. The first-order valence-electron chi connectivity index (χ1n) is 5.67. The van der Waals surface area contributed by atoms with Crippen LogP contribution in [0.25, 0.3) is 0 Å². The summed E-state index contributed by atoms with van der Waals surface area (Å²) in [6, 6.07) is 7.88. The number of carbonyl (C=O) groups is 1. The van der Waals surface area contributed by atoms with Gasteiger partial charge in [0, 0.05) is 22.3 Å². The van der Waals surface area contributed by atoms with Crippen molar-refractivity contribution in [2.75, 3.05) is 5.75 Å². The van der Waals surface area contributed by atoms with E-state index in [1.54, 1.807) is 11.8 Å². The van der Waals surface area contributed by atoms with Crippen molar-refractivity contribution < 1.29 is 4.79 Å². The molecule has 1 aromatic carbocycles. The second-order valence-electron chi connectivity index (χ2n) is 4.15. The van der Waals surface area contributed by atoms with E-state index in [-0.39, 0.29) is 0 Å². The Kier molecular flexibility index (Phi) is 4.30. The molecule has 1 fully saturated rings. The number of benzene rings is 1. The summed E-state index contributed by atoms with van der Waals surface area (Å²) in [7, 11) is 0. The SMILES string of the molecule is O=C1CCCC1CCSc1cccc(Cl)c1. The molecule has 1 unspecified atom stereocenters. The lowest BCUT2D eigenvalue weighted by Crippen LogP contribution is -2.06. The Balaban J connectivity index is 1.77. The minimum absolute atomic E-state index is 0.326. The number of hydrogen-bond acceptors (Lipinski definition) is 2. The molecular formula is C13H15ClOS. The number of thioether (sulfide) groups is 1. The van der Waals surface area contributed by atoms with Crippen LogP contribution in [0.3, 0.4) is 0 Å². The van der Waals surface area contributed by atoms with Gasteiger partial charge in [-0.3, -0.25) is 4.79 Å². The highest BCUT2D eigenvalue weighted by Crippen LogP contribution is 2.28. The first kappa shape index (κ1) is 12.0. The van der Waals surface area contributed by atoms with Gasteiger partial charge in [-0.25, -0.2) is 0 Å². The molecule has 86 valence electrons. The van der Waals surface area contributed by atoms with Crippen LogP contribution in [0.1, 0.15) is 25.7 Å². The Labute approximate surface area is 106 Å². The van der Waals surface area contributed by atoms with Gasteiger partial charge in [0.2, 0.25) is 0 Å². The van der Waals surface area contributed by atoms with E-state index in [1.807, 2.05) is 18.2 Å². The molecule has 1 atom stereocenters. The number of carbonyl (C=O) groups excluding carboxylic acids is 1. The van der Waals surface area contributed by atoms with Crippen LogP contribution >= 0.6 is 23.4 Å². The summed E-state index contributed by atoms with van der Waals surface area (Å²) in [5.74, 6) is 1.80. The summed E-state index contributed by atoms with van der Waals surface area (Å²) in [6.07, 6.45) is 3.99. The van der Waals surface area contributed by atoms with Crippen molar-refractivity contribution in [3.8, 4) is 0 Å². The fourth-order valence-electron chi connectivity index (χ4n) is 2.07. The van der Waals surface area contributed by atoms with Crippen LogP contribution in [0.15, 0.2) is 29.2 Å².